The fourth-order valence-electron chi connectivity index (χ4n) is 4.29. The molecule has 1 fully saturated rings. The quantitative estimate of drug-likeness (QED) is 0.345. The molecule has 0 amide bonds. The molecule has 36 heavy (non-hydrogen) atoms. The van der Waals surface area contributed by atoms with Crippen LogP contribution in [0.3, 0.4) is 0 Å². The summed E-state index contributed by atoms with van der Waals surface area (Å²) in [6.07, 6.45) is 3.27. The monoisotopic (exact) mass is 532 g/mol. The average molecular weight is 533 g/mol. The molecule has 2 aromatic carbocycles. The molecule has 3 N–H and O–H groups in total. The van der Waals surface area contributed by atoms with Gasteiger partial charge >= 0.3 is 0 Å². The Kier molecular flexibility index (Phi) is 6.84. The van der Waals surface area contributed by atoms with E-state index < -0.39 is 22.1 Å². The molecule has 1 saturated heterocycles. The number of halogens is 1. The lowest BCUT2D eigenvalue weighted by molar-refractivity contribution is 0.413. The summed E-state index contributed by atoms with van der Waals surface area (Å²) in [5.74, 6) is 0.761. The van der Waals surface area contributed by atoms with Crippen molar-refractivity contribution in [2.24, 2.45) is 0 Å². The first-order valence-electron chi connectivity index (χ1n) is 13.3. The predicted octanol–water partition coefficient (Wildman–Crippen LogP) is 5.58. The maximum absolute atomic E-state index is 12.9. The highest BCUT2D eigenvalue weighted by atomic mass is 35.5. The summed E-state index contributed by atoms with van der Waals surface area (Å²) < 4.78 is 54.1. The van der Waals surface area contributed by atoms with Crippen LogP contribution in [0.5, 0.6) is 5.75 Å². The van der Waals surface area contributed by atoms with E-state index in [1.807, 2.05) is 13.0 Å². The maximum atomic E-state index is 12.9. The van der Waals surface area contributed by atoms with Gasteiger partial charge in [-0.25, -0.2) is 13.4 Å². The van der Waals surface area contributed by atoms with Crippen LogP contribution >= 0.6 is 11.6 Å². The first-order valence-corrected chi connectivity index (χ1v) is 13.7. The van der Waals surface area contributed by atoms with Gasteiger partial charge in [-0.2, -0.15) is 4.98 Å². The number of para-hydroxylation sites is 1. The Bertz CT molecular complexity index is 1450. The van der Waals surface area contributed by atoms with Gasteiger partial charge in [0.2, 0.25) is 5.95 Å². The summed E-state index contributed by atoms with van der Waals surface area (Å²) in [5.41, 5.74) is 2.75. The van der Waals surface area contributed by atoms with Crippen LogP contribution in [0, 0.1) is 6.92 Å². The zero-order valence-corrected chi connectivity index (χ0v) is 22.0. The van der Waals surface area contributed by atoms with Crippen molar-refractivity contribution in [2.75, 3.05) is 30.8 Å². The third kappa shape index (κ3) is 5.58. The topological polar surface area (TPSA) is 105 Å². The summed E-state index contributed by atoms with van der Waals surface area (Å²) in [7, 11) is -6.24. The number of aromatic nitrogens is 2. The molecular weight excluding hydrogens is 498 g/mol. The highest BCUT2D eigenvalue weighted by molar-refractivity contribution is 7.92. The number of hydrogen-bond donors (Lipinski definition) is 3. The summed E-state index contributed by atoms with van der Waals surface area (Å²) >= 11 is 6.36. The largest absolute Gasteiger partial charge is 0.495 e. The van der Waals surface area contributed by atoms with Gasteiger partial charge in [-0.15, -0.1) is 0 Å². The van der Waals surface area contributed by atoms with Crippen LogP contribution in [-0.2, 0) is 9.84 Å². The molecule has 1 aliphatic heterocycles. The Hall–Kier alpha value is -2.88. The molecule has 0 saturated carbocycles. The third-order valence-electron chi connectivity index (χ3n) is 6.32. The molecule has 0 atom stereocenters. The maximum Gasteiger partial charge on any atom is 0.229 e. The van der Waals surface area contributed by atoms with Gasteiger partial charge in [0.15, 0.2) is 15.7 Å². The number of anilines is 4. The number of methoxy groups -OCH3 is 1. The van der Waals surface area contributed by atoms with Gasteiger partial charge in [0.05, 0.1) is 38.9 Å². The standard InChI is InChI=1S/C26H32ClN5O3S/c1-16(2)36(33,34)24-8-6-5-7-21(24)30-25-20(27)15-29-26(32-25)31-22-13-17(3)19(14-23(22)35-4)18-9-11-28-12-10-18/h5-8,13-16,18,28H,9-12H2,1-4H3,(H2,29,30,31,32)/i4D3. The minimum atomic E-state index is -3.58. The minimum absolute atomic E-state index is 0.121. The number of benzene rings is 2. The molecule has 4 rings (SSSR count). The zero-order chi connectivity index (χ0) is 28.4. The minimum Gasteiger partial charge on any atom is -0.495 e. The average Bonchev–Trinajstić information content (AvgIpc) is 2.87. The first-order chi connectivity index (χ1) is 18.3. The molecule has 1 aromatic heterocycles. The van der Waals surface area contributed by atoms with Gasteiger partial charge in [-0.1, -0.05) is 23.7 Å². The highest BCUT2D eigenvalue weighted by Gasteiger charge is 2.23. The van der Waals surface area contributed by atoms with Crippen molar-refractivity contribution in [1.29, 1.82) is 0 Å². The molecule has 2 heterocycles. The number of aryl methyl sites for hydroxylation is 1. The second-order valence-corrected chi connectivity index (χ2v) is 11.9. The van der Waals surface area contributed by atoms with Gasteiger partial charge in [0, 0.05) is 0 Å². The molecule has 10 heteroatoms. The summed E-state index contributed by atoms with van der Waals surface area (Å²) in [6.45, 7) is 7.00. The van der Waals surface area contributed by atoms with E-state index in [9.17, 15) is 8.42 Å². The molecule has 0 unspecified atom stereocenters. The Morgan fingerprint density at radius 1 is 1.17 bits per heavy atom. The Morgan fingerprint density at radius 2 is 1.92 bits per heavy atom. The van der Waals surface area contributed by atoms with Crippen LogP contribution in [0.25, 0.3) is 0 Å². The number of piperidine rings is 1. The lowest BCUT2D eigenvalue weighted by Crippen LogP contribution is -2.27. The van der Waals surface area contributed by atoms with Crippen molar-refractivity contribution in [3.8, 4) is 5.75 Å². The lowest BCUT2D eigenvalue weighted by atomic mass is 9.87. The van der Waals surface area contributed by atoms with E-state index in [4.69, 9.17) is 20.5 Å². The van der Waals surface area contributed by atoms with Crippen LogP contribution in [0.15, 0.2) is 47.5 Å². The van der Waals surface area contributed by atoms with Gasteiger partial charge in [-0.3, -0.25) is 0 Å². The molecule has 192 valence electrons. The zero-order valence-electron chi connectivity index (χ0n) is 23.4. The molecular formula is C26H32ClN5O3S. The van der Waals surface area contributed by atoms with Crippen molar-refractivity contribution >= 4 is 44.6 Å². The van der Waals surface area contributed by atoms with E-state index >= 15 is 0 Å². The van der Waals surface area contributed by atoms with E-state index in [-0.39, 0.29) is 27.4 Å². The number of nitrogens with zero attached hydrogens (tertiary/aromatic N) is 2. The molecule has 0 aliphatic carbocycles. The highest BCUT2D eigenvalue weighted by Crippen LogP contribution is 2.37. The SMILES string of the molecule is [2H]C([2H])([2H])Oc1cc(C2CCNCC2)c(C)cc1Nc1ncc(Cl)c(Nc2ccccc2S(=O)(=O)C(C)C)n1. The second-order valence-electron chi connectivity index (χ2n) is 9.06. The van der Waals surface area contributed by atoms with Crippen molar-refractivity contribution in [1.82, 2.24) is 15.3 Å². The van der Waals surface area contributed by atoms with Gasteiger partial charge in [0.1, 0.15) is 10.8 Å². The molecule has 0 bridgehead atoms. The van der Waals surface area contributed by atoms with E-state index in [1.165, 1.54) is 12.3 Å². The molecule has 3 aromatic rings. The fourth-order valence-corrected chi connectivity index (χ4v) is 5.63. The first kappa shape index (κ1) is 22.3. The fraction of sp³-hybridized carbons (Fsp3) is 0.385. The Labute approximate surface area is 222 Å². The number of hydrogen-bond acceptors (Lipinski definition) is 8. The third-order valence-corrected chi connectivity index (χ3v) is 8.80. The summed E-state index contributed by atoms with van der Waals surface area (Å²) in [6, 6.07) is 10.1. The predicted molar refractivity (Wildman–Crippen MR) is 145 cm³/mol. The number of sulfone groups is 1. The summed E-state index contributed by atoms with van der Waals surface area (Å²) in [4.78, 5) is 8.81. The number of rotatable bonds is 8. The Morgan fingerprint density at radius 3 is 2.64 bits per heavy atom. The second kappa shape index (κ2) is 11.0. The van der Waals surface area contributed by atoms with Crippen LogP contribution < -0.4 is 20.7 Å². The smallest absolute Gasteiger partial charge is 0.229 e. The molecule has 0 spiro atoms. The van der Waals surface area contributed by atoms with E-state index in [0.29, 0.717) is 17.3 Å². The van der Waals surface area contributed by atoms with Gasteiger partial charge in [-0.05, 0) is 88.0 Å². The van der Waals surface area contributed by atoms with Crippen LogP contribution in [0.1, 0.15) is 47.8 Å². The Balaban J connectivity index is 1.68. The molecule has 0 radical (unpaired) electrons. The lowest BCUT2D eigenvalue weighted by Gasteiger charge is -2.25. The molecule has 8 nitrogen and oxygen atoms in total. The number of nitrogens with one attached hydrogen (secondary N) is 3. The van der Waals surface area contributed by atoms with Gasteiger partial charge < -0.3 is 20.7 Å². The van der Waals surface area contributed by atoms with E-state index in [0.717, 1.165) is 37.1 Å². The van der Waals surface area contributed by atoms with Crippen LogP contribution in [0.4, 0.5) is 23.1 Å². The van der Waals surface area contributed by atoms with Crippen molar-refractivity contribution in [3.05, 3.63) is 58.7 Å². The van der Waals surface area contributed by atoms with Crippen molar-refractivity contribution in [2.45, 2.75) is 49.7 Å². The van der Waals surface area contributed by atoms with Crippen molar-refractivity contribution < 1.29 is 17.3 Å². The van der Waals surface area contributed by atoms with Crippen LogP contribution in [-0.4, -0.2) is 43.8 Å². The summed E-state index contributed by atoms with van der Waals surface area (Å²) in [5, 5.41) is 8.97. The van der Waals surface area contributed by atoms with Crippen molar-refractivity contribution in [3.63, 3.8) is 0 Å². The number of ether oxygens (including phenoxy) is 1. The van der Waals surface area contributed by atoms with Gasteiger partial charge in [0.25, 0.3) is 0 Å². The normalized spacial score (nSPS) is 16.2. The van der Waals surface area contributed by atoms with E-state index in [2.05, 4.69) is 25.9 Å². The van der Waals surface area contributed by atoms with E-state index in [1.54, 1.807) is 38.1 Å². The van der Waals surface area contributed by atoms with Crippen LogP contribution in [0.2, 0.25) is 5.02 Å². The molecule has 1 aliphatic rings.